The Morgan fingerprint density at radius 3 is 2.64 bits per heavy atom. The minimum Gasteiger partial charge on any atom is -0.373 e. The highest BCUT2D eigenvalue weighted by Gasteiger charge is 2.25. The van der Waals surface area contributed by atoms with Crippen molar-refractivity contribution in [1.29, 1.82) is 0 Å². The number of carbonyl (C=O) groups excluding carboxylic acids is 1. The molecule has 136 valence electrons. The van der Waals surface area contributed by atoms with Gasteiger partial charge in [-0.25, -0.2) is 0 Å². The third-order valence-electron chi connectivity index (χ3n) is 4.34. The summed E-state index contributed by atoms with van der Waals surface area (Å²) < 4.78 is 7.78. The topological polar surface area (TPSA) is 73.4 Å². The van der Waals surface area contributed by atoms with Crippen molar-refractivity contribution in [3.05, 3.63) is 52.8 Å². The SMILES string of the molecule is Cc1cc(C)n(CC2CN(C(=O)c3ccc(CN)cc3)CCO2)n1.Cl. The predicted molar refractivity (Wildman–Crippen MR) is 98.9 cm³/mol. The highest BCUT2D eigenvalue weighted by atomic mass is 35.5. The van der Waals surface area contributed by atoms with Crippen molar-refractivity contribution in [3.8, 4) is 0 Å². The number of halogens is 1. The number of benzene rings is 1. The molecule has 0 saturated carbocycles. The predicted octanol–water partition coefficient (Wildman–Crippen LogP) is 1.92. The van der Waals surface area contributed by atoms with E-state index in [1.807, 2.05) is 53.8 Å². The molecule has 1 atom stereocenters. The van der Waals surface area contributed by atoms with Crippen molar-refractivity contribution in [2.24, 2.45) is 5.73 Å². The standard InChI is InChI=1S/C18H24N4O2.ClH/c1-13-9-14(2)22(20-13)12-17-11-21(7-8-24-17)18(23)16-5-3-15(10-19)4-6-16;/h3-6,9,17H,7-8,10-12,19H2,1-2H3;1H. The second kappa shape index (κ2) is 8.47. The molecule has 1 saturated heterocycles. The van der Waals surface area contributed by atoms with Crippen molar-refractivity contribution < 1.29 is 9.53 Å². The van der Waals surface area contributed by atoms with E-state index in [9.17, 15) is 4.79 Å². The summed E-state index contributed by atoms with van der Waals surface area (Å²) in [5, 5.41) is 4.47. The number of morpholine rings is 1. The van der Waals surface area contributed by atoms with Crippen LogP contribution in [-0.4, -0.2) is 46.4 Å². The molecule has 2 N–H and O–H groups in total. The van der Waals surface area contributed by atoms with Crippen LogP contribution in [0.25, 0.3) is 0 Å². The number of nitrogens with two attached hydrogens (primary N) is 1. The zero-order chi connectivity index (χ0) is 17.1. The third-order valence-corrected chi connectivity index (χ3v) is 4.34. The lowest BCUT2D eigenvalue weighted by atomic mass is 10.1. The van der Waals surface area contributed by atoms with E-state index in [1.165, 1.54) is 0 Å². The van der Waals surface area contributed by atoms with Crippen LogP contribution in [0, 0.1) is 13.8 Å². The summed E-state index contributed by atoms with van der Waals surface area (Å²) in [6.45, 7) is 6.90. The van der Waals surface area contributed by atoms with Gasteiger partial charge in [0.15, 0.2) is 0 Å². The van der Waals surface area contributed by atoms with Gasteiger partial charge in [-0.2, -0.15) is 5.10 Å². The van der Waals surface area contributed by atoms with Gasteiger partial charge in [0.2, 0.25) is 0 Å². The van der Waals surface area contributed by atoms with E-state index in [0.29, 0.717) is 38.3 Å². The molecule has 25 heavy (non-hydrogen) atoms. The van der Waals surface area contributed by atoms with Gasteiger partial charge < -0.3 is 15.4 Å². The average Bonchev–Trinajstić information content (AvgIpc) is 2.92. The molecule has 3 rings (SSSR count). The summed E-state index contributed by atoms with van der Waals surface area (Å²) in [6, 6.07) is 9.54. The molecule has 1 aliphatic rings. The summed E-state index contributed by atoms with van der Waals surface area (Å²) >= 11 is 0. The second-order valence-corrected chi connectivity index (χ2v) is 6.25. The molecule has 0 radical (unpaired) electrons. The molecular formula is C18H25ClN4O2. The molecular weight excluding hydrogens is 340 g/mol. The molecule has 7 heteroatoms. The molecule has 1 aliphatic heterocycles. The number of nitrogens with zero attached hydrogens (tertiary/aromatic N) is 3. The molecule has 2 aromatic rings. The molecule has 1 amide bonds. The van der Waals surface area contributed by atoms with E-state index >= 15 is 0 Å². The number of hydrogen-bond acceptors (Lipinski definition) is 4. The molecule has 0 aliphatic carbocycles. The number of aryl methyl sites for hydroxylation is 2. The first-order chi connectivity index (χ1) is 11.6. The Morgan fingerprint density at radius 2 is 2.04 bits per heavy atom. The molecule has 1 fully saturated rings. The lowest BCUT2D eigenvalue weighted by Crippen LogP contribution is -2.47. The summed E-state index contributed by atoms with van der Waals surface area (Å²) in [6.07, 6.45) is -0.0379. The summed E-state index contributed by atoms with van der Waals surface area (Å²) in [7, 11) is 0. The lowest BCUT2D eigenvalue weighted by molar-refractivity contribution is -0.0302. The van der Waals surface area contributed by atoms with E-state index in [4.69, 9.17) is 10.5 Å². The van der Waals surface area contributed by atoms with E-state index < -0.39 is 0 Å². The van der Waals surface area contributed by atoms with Crippen LogP contribution in [-0.2, 0) is 17.8 Å². The Bertz CT molecular complexity index is 714. The first-order valence-corrected chi connectivity index (χ1v) is 8.28. The van der Waals surface area contributed by atoms with Gasteiger partial charge in [-0.05, 0) is 37.6 Å². The van der Waals surface area contributed by atoms with E-state index in [2.05, 4.69) is 5.10 Å². The molecule has 6 nitrogen and oxygen atoms in total. The van der Waals surface area contributed by atoms with Crippen molar-refractivity contribution in [3.63, 3.8) is 0 Å². The van der Waals surface area contributed by atoms with Crippen molar-refractivity contribution in [2.45, 2.75) is 33.0 Å². The fourth-order valence-corrected chi connectivity index (χ4v) is 3.03. The maximum absolute atomic E-state index is 12.7. The fraction of sp³-hybridized carbons (Fsp3) is 0.444. The molecule has 2 heterocycles. The zero-order valence-electron chi connectivity index (χ0n) is 14.6. The first kappa shape index (κ1) is 19.4. The maximum atomic E-state index is 12.7. The van der Waals surface area contributed by atoms with E-state index in [0.717, 1.165) is 17.0 Å². The van der Waals surface area contributed by atoms with Crippen molar-refractivity contribution in [1.82, 2.24) is 14.7 Å². The third kappa shape index (κ3) is 4.60. The highest BCUT2D eigenvalue weighted by Crippen LogP contribution is 2.14. The van der Waals surface area contributed by atoms with Crippen LogP contribution in [0.2, 0.25) is 0 Å². The van der Waals surface area contributed by atoms with E-state index in [-0.39, 0.29) is 24.4 Å². The average molecular weight is 365 g/mol. The van der Waals surface area contributed by atoms with Crippen molar-refractivity contribution in [2.75, 3.05) is 19.7 Å². The van der Waals surface area contributed by atoms with Gasteiger partial charge in [-0.3, -0.25) is 9.48 Å². The molecule has 0 bridgehead atoms. The van der Waals surface area contributed by atoms with Crippen LogP contribution >= 0.6 is 12.4 Å². The van der Waals surface area contributed by atoms with Crippen LogP contribution < -0.4 is 5.73 Å². The number of rotatable bonds is 4. The van der Waals surface area contributed by atoms with Crippen LogP contribution in [0.4, 0.5) is 0 Å². The quantitative estimate of drug-likeness (QED) is 0.899. The monoisotopic (exact) mass is 364 g/mol. The van der Waals surface area contributed by atoms with Crippen LogP contribution in [0.5, 0.6) is 0 Å². The Labute approximate surface area is 154 Å². The van der Waals surface area contributed by atoms with Crippen LogP contribution in [0.1, 0.15) is 27.3 Å². The largest absolute Gasteiger partial charge is 0.373 e. The number of aromatic nitrogens is 2. The van der Waals surface area contributed by atoms with Crippen molar-refractivity contribution >= 4 is 18.3 Å². The Balaban J connectivity index is 0.00000225. The van der Waals surface area contributed by atoms with Gasteiger partial charge in [-0.1, -0.05) is 12.1 Å². The molecule has 0 spiro atoms. The van der Waals surface area contributed by atoms with Gasteiger partial charge in [0.25, 0.3) is 5.91 Å². The van der Waals surface area contributed by atoms with Gasteiger partial charge in [-0.15, -0.1) is 12.4 Å². The smallest absolute Gasteiger partial charge is 0.254 e. The first-order valence-electron chi connectivity index (χ1n) is 8.28. The number of carbonyl (C=O) groups is 1. The molecule has 1 aromatic heterocycles. The summed E-state index contributed by atoms with van der Waals surface area (Å²) in [5.74, 6) is 0.0419. The molecule has 1 unspecified atom stereocenters. The normalized spacial score (nSPS) is 17.2. The second-order valence-electron chi connectivity index (χ2n) is 6.25. The zero-order valence-corrected chi connectivity index (χ0v) is 15.5. The van der Waals surface area contributed by atoms with Gasteiger partial charge in [0.1, 0.15) is 0 Å². The number of ether oxygens (including phenoxy) is 1. The summed E-state index contributed by atoms with van der Waals surface area (Å²) in [4.78, 5) is 14.5. The van der Waals surface area contributed by atoms with Gasteiger partial charge in [0.05, 0.1) is 24.9 Å². The number of amides is 1. The highest BCUT2D eigenvalue weighted by molar-refractivity contribution is 5.94. The minimum absolute atomic E-state index is 0. The maximum Gasteiger partial charge on any atom is 0.254 e. The lowest BCUT2D eigenvalue weighted by Gasteiger charge is -2.33. The van der Waals surface area contributed by atoms with Gasteiger partial charge >= 0.3 is 0 Å². The Morgan fingerprint density at radius 1 is 1.32 bits per heavy atom. The fourth-order valence-electron chi connectivity index (χ4n) is 3.03. The Kier molecular flexibility index (Phi) is 6.58. The summed E-state index contributed by atoms with van der Waals surface area (Å²) in [5.41, 5.74) is 9.43. The minimum atomic E-state index is -0.0379. The number of hydrogen-bond donors (Lipinski definition) is 1. The van der Waals surface area contributed by atoms with E-state index in [1.54, 1.807) is 0 Å². The Hall–Kier alpha value is -1.89. The van der Waals surface area contributed by atoms with Crippen LogP contribution in [0.15, 0.2) is 30.3 Å². The molecule has 1 aromatic carbocycles. The van der Waals surface area contributed by atoms with Crippen LogP contribution in [0.3, 0.4) is 0 Å². The van der Waals surface area contributed by atoms with Gasteiger partial charge in [0, 0.05) is 30.9 Å².